The lowest BCUT2D eigenvalue weighted by atomic mass is 10.1. The minimum Gasteiger partial charge on any atom is -0.354 e. The van der Waals surface area contributed by atoms with Gasteiger partial charge in [-0.1, -0.05) is 59.6 Å². The van der Waals surface area contributed by atoms with Crippen molar-refractivity contribution in [2.45, 2.75) is 19.2 Å². The first-order valence-corrected chi connectivity index (χ1v) is 12.2. The van der Waals surface area contributed by atoms with Gasteiger partial charge < -0.3 is 5.32 Å². The minimum atomic E-state index is -3.49. The van der Waals surface area contributed by atoms with Crippen LogP contribution in [0.5, 0.6) is 0 Å². The molecule has 152 valence electrons. The second-order valence-corrected chi connectivity index (χ2v) is 10.0. The van der Waals surface area contributed by atoms with Crippen LogP contribution < -0.4 is 5.32 Å². The first-order valence-electron chi connectivity index (χ1n) is 8.84. The van der Waals surface area contributed by atoms with E-state index in [1.165, 1.54) is 4.31 Å². The van der Waals surface area contributed by atoms with Gasteiger partial charge in [-0.15, -0.1) is 0 Å². The molecule has 0 aromatic heterocycles. The van der Waals surface area contributed by atoms with Crippen molar-refractivity contribution in [1.82, 2.24) is 9.62 Å². The molecular weight excluding hydrogens is 416 g/mol. The Morgan fingerprint density at radius 3 is 2.46 bits per heavy atom. The summed E-state index contributed by atoms with van der Waals surface area (Å²) in [5.41, 5.74) is 3.00. The lowest BCUT2D eigenvalue weighted by molar-refractivity contribution is -0.121. The smallest absolute Gasteiger partial charge is 0.235 e. The van der Waals surface area contributed by atoms with Gasteiger partial charge in [-0.05, 0) is 24.1 Å². The SMILES string of the molecule is Cc1ccc(CN(CC(=O)NCCSCc2ccccc2Cl)S(C)(=O)=O)cc1. The zero-order valence-electron chi connectivity index (χ0n) is 16.0. The molecular formula is C20H25ClN2O3S2. The standard InChI is InChI=1S/C20H25ClN2O3S2/c1-16-7-9-17(10-8-16)13-23(28(2,25)26)14-20(24)22-11-12-27-15-18-5-3-4-6-19(18)21/h3-10H,11-15H2,1-2H3,(H,22,24). The third kappa shape index (κ3) is 7.83. The molecule has 0 aliphatic carbocycles. The highest BCUT2D eigenvalue weighted by molar-refractivity contribution is 7.98. The molecule has 8 heteroatoms. The van der Waals surface area contributed by atoms with Crippen molar-refractivity contribution < 1.29 is 13.2 Å². The van der Waals surface area contributed by atoms with Crippen molar-refractivity contribution in [1.29, 1.82) is 0 Å². The van der Waals surface area contributed by atoms with Gasteiger partial charge >= 0.3 is 0 Å². The fourth-order valence-corrected chi connectivity index (χ4v) is 4.34. The molecule has 0 heterocycles. The summed E-state index contributed by atoms with van der Waals surface area (Å²) in [4.78, 5) is 12.2. The van der Waals surface area contributed by atoms with Crippen molar-refractivity contribution in [3.8, 4) is 0 Å². The van der Waals surface area contributed by atoms with Gasteiger partial charge in [-0.3, -0.25) is 4.79 Å². The number of hydrogen-bond acceptors (Lipinski definition) is 4. The van der Waals surface area contributed by atoms with Crippen LogP contribution in [0.3, 0.4) is 0 Å². The molecule has 1 N–H and O–H groups in total. The minimum absolute atomic E-state index is 0.174. The Balaban J connectivity index is 1.78. The maximum Gasteiger partial charge on any atom is 0.235 e. The van der Waals surface area contributed by atoms with Crippen LogP contribution in [0.15, 0.2) is 48.5 Å². The normalized spacial score (nSPS) is 11.6. The molecule has 0 saturated carbocycles. The number of aryl methyl sites for hydroxylation is 1. The van der Waals surface area contributed by atoms with Crippen LogP contribution in [-0.4, -0.2) is 43.7 Å². The third-order valence-corrected chi connectivity index (χ3v) is 6.63. The fraction of sp³-hybridized carbons (Fsp3) is 0.350. The number of hydrogen-bond donors (Lipinski definition) is 1. The molecule has 0 aliphatic rings. The Kier molecular flexibility index (Phi) is 8.82. The summed E-state index contributed by atoms with van der Waals surface area (Å²) in [7, 11) is -3.49. The van der Waals surface area contributed by atoms with E-state index in [0.717, 1.165) is 33.7 Å². The largest absolute Gasteiger partial charge is 0.354 e. The highest BCUT2D eigenvalue weighted by Crippen LogP contribution is 2.20. The maximum absolute atomic E-state index is 12.2. The Labute approximate surface area is 176 Å². The van der Waals surface area contributed by atoms with Gasteiger partial charge in [-0.25, -0.2) is 8.42 Å². The number of carbonyl (C=O) groups excluding carboxylic acids is 1. The second-order valence-electron chi connectivity index (χ2n) is 6.51. The van der Waals surface area contributed by atoms with Crippen molar-refractivity contribution in [3.63, 3.8) is 0 Å². The van der Waals surface area contributed by atoms with E-state index >= 15 is 0 Å². The summed E-state index contributed by atoms with van der Waals surface area (Å²) in [5, 5.41) is 3.52. The van der Waals surface area contributed by atoms with Crippen molar-refractivity contribution >= 4 is 39.3 Å². The molecule has 0 spiro atoms. The average molecular weight is 441 g/mol. The average Bonchev–Trinajstić information content (AvgIpc) is 2.63. The molecule has 0 bridgehead atoms. The molecule has 2 rings (SSSR count). The lowest BCUT2D eigenvalue weighted by Crippen LogP contribution is -2.40. The van der Waals surface area contributed by atoms with Gasteiger partial charge in [-0.2, -0.15) is 16.1 Å². The summed E-state index contributed by atoms with van der Waals surface area (Å²) in [6.07, 6.45) is 1.12. The van der Waals surface area contributed by atoms with E-state index in [-0.39, 0.29) is 19.0 Å². The van der Waals surface area contributed by atoms with Crippen molar-refractivity contribution in [2.24, 2.45) is 0 Å². The van der Waals surface area contributed by atoms with E-state index in [9.17, 15) is 13.2 Å². The monoisotopic (exact) mass is 440 g/mol. The molecule has 2 aromatic carbocycles. The molecule has 0 saturated heterocycles. The molecule has 5 nitrogen and oxygen atoms in total. The van der Waals surface area contributed by atoms with Gasteiger partial charge in [0.2, 0.25) is 15.9 Å². The fourth-order valence-electron chi connectivity index (χ4n) is 2.46. The predicted molar refractivity (Wildman–Crippen MR) is 117 cm³/mol. The van der Waals surface area contributed by atoms with Crippen LogP contribution in [0, 0.1) is 6.92 Å². The van der Waals surface area contributed by atoms with Crippen LogP contribution in [0.4, 0.5) is 0 Å². The lowest BCUT2D eigenvalue weighted by Gasteiger charge is -2.19. The number of benzene rings is 2. The number of sulfonamides is 1. The van der Waals surface area contributed by atoms with E-state index in [4.69, 9.17) is 11.6 Å². The van der Waals surface area contributed by atoms with E-state index in [1.807, 2.05) is 55.5 Å². The molecule has 0 unspecified atom stereocenters. The molecule has 2 aromatic rings. The van der Waals surface area contributed by atoms with Crippen molar-refractivity contribution in [2.75, 3.05) is 25.1 Å². The van der Waals surface area contributed by atoms with Crippen LogP contribution in [0.1, 0.15) is 16.7 Å². The van der Waals surface area contributed by atoms with E-state index in [1.54, 1.807) is 11.8 Å². The number of nitrogens with one attached hydrogen (secondary N) is 1. The molecule has 0 aliphatic heterocycles. The topological polar surface area (TPSA) is 66.5 Å². The quantitative estimate of drug-likeness (QED) is 0.574. The summed E-state index contributed by atoms with van der Waals surface area (Å²) in [6, 6.07) is 15.2. The first-order chi connectivity index (χ1) is 13.3. The molecule has 0 fully saturated rings. The van der Waals surface area contributed by atoms with Crippen LogP contribution in [0.25, 0.3) is 0 Å². The number of carbonyl (C=O) groups is 1. The summed E-state index contributed by atoms with van der Waals surface area (Å²) in [6.45, 7) is 2.42. The predicted octanol–water partition coefficient (Wildman–Crippen LogP) is 3.46. The molecule has 0 radical (unpaired) electrons. The number of rotatable bonds is 10. The van der Waals surface area contributed by atoms with E-state index in [0.29, 0.717) is 12.3 Å². The van der Waals surface area contributed by atoms with Crippen LogP contribution in [0.2, 0.25) is 5.02 Å². The van der Waals surface area contributed by atoms with E-state index in [2.05, 4.69) is 5.32 Å². The summed E-state index contributed by atoms with van der Waals surface area (Å²) >= 11 is 7.78. The Morgan fingerprint density at radius 1 is 1.14 bits per heavy atom. The zero-order chi connectivity index (χ0) is 20.6. The Morgan fingerprint density at radius 2 is 1.82 bits per heavy atom. The summed E-state index contributed by atoms with van der Waals surface area (Å²) in [5.74, 6) is 1.17. The third-order valence-electron chi connectivity index (χ3n) is 4.05. The molecule has 0 atom stereocenters. The number of thioether (sulfide) groups is 1. The Bertz CT molecular complexity index is 887. The van der Waals surface area contributed by atoms with Gasteiger partial charge in [0.25, 0.3) is 0 Å². The first kappa shape index (κ1) is 22.7. The van der Waals surface area contributed by atoms with Gasteiger partial charge in [0.05, 0.1) is 12.8 Å². The van der Waals surface area contributed by atoms with Gasteiger partial charge in [0.1, 0.15) is 0 Å². The molecule has 28 heavy (non-hydrogen) atoms. The second kappa shape index (κ2) is 10.9. The molecule has 1 amide bonds. The highest BCUT2D eigenvalue weighted by Gasteiger charge is 2.20. The van der Waals surface area contributed by atoms with Gasteiger partial charge in [0, 0.05) is 29.6 Å². The number of amides is 1. The number of nitrogens with zero attached hydrogens (tertiary/aromatic N) is 1. The number of halogens is 1. The Hall–Kier alpha value is -1.54. The van der Waals surface area contributed by atoms with Crippen LogP contribution >= 0.6 is 23.4 Å². The zero-order valence-corrected chi connectivity index (χ0v) is 18.4. The van der Waals surface area contributed by atoms with Crippen LogP contribution in [-0.2, 0) is 27.1 Å². The van der Waals surface area contributed by atoms with E-state index < -0.39 is 10.0 Å². The van der Waals surface area contributed by atoms with Crippen molar-refractivity contribution in [3.05, 3.63) is 70.2 Å². The highest BCUT2D eigenvalue weighted by atomic mass is 35.5. The maximum atomic E-state index is 12.2. The summed E-state index contributed by atoms with van der Waals surface area (Å²) < 4.78 is 25.2. The van der Waals surface area contributed by atoms with Gasteiger partial charge in [0.15, 0.2) is 0 Å².